The Morgan fingerprint density at radius 2 is 1.48 bits per heavy atom. The number of carboxylic acid groups (broad SMARTS) is 1. The number of esters is 1. The second-order valence-corrected chi connectivity index (χ2v) is 6.68. The summed E-state index contributed by atoms with van der Waals surface area (Å²) in [6, 6.07) is 16.0. The number of aromatic carboxylic acids is 1. The highest BCUT2D eigenvalue weighted by molar-refractivity contribution is 5.92. The molecule has 1 fully saturated rings. The molecule has 0 heterocycles. The zero-order valence-electron chi connectivity index (χ0n) is 14.1. The van der Waals surface area contributed by atoms with E-state index in [1.165, 1.54) is 36.2 Å². The van der Waals surface area contributed by atoms with Crippen molar-refractivity contribution >= 4 is 11.9 Å². The van der Waals surface area contributed by atoms with E-state index in [1.807, 2.05) is 18.2 Å². The Morgan fingerprint density at radius 1 is 0.880 bits per heavy atom. The Bertz CT molecular complexity index is 728. The third kappa shape index (κ3) is 4.27. The smallest absolute Gasteiger partial charge is 0.338 e. The molecule has 0 unspecified atom stereocenters. The molecule has 0 atom stereocenters. The molecule has 0 aliphatic heterocycles. The van der Waals surface area contributed by atoms with Gasteiger partial charge in [-0.05, 0) is 55.5 Å². The number of benzene rings is 2. The van der Waals surface area contributed by atoms with Crippen molar-refractivity contribution in [1.29, 1.82) is 0 Å². The Balaban J connectivity index is 1.77. The summed E-state index contributed by atoms with van der Waals surface area (Å²) in [6.07, 6.45) is 5.71. The average molecular weight is 338 g/mol. The first kappa shape index (κ1) is 17.2. The lowest BCUT2D eigenvalue weighted by Gasteiger charge is -2.37. The minimum Gasteiger partial charge on any atom is -0.478 e. The normalized spacial score (nSPS) is 16.2. The second kappa shape index (κ2) is 7.51. The molecule has 1 aliphatic rings. The maximum absolute atomic E-state index is 12.6. The van der Waals surface area contributed by atoms with Gasteiger partial charge in [0.25, 0.3) is 0 Å². The molecule has 2 aromatic rings. The zero-order chi connectivity index (χ0) is 17.7. The molecule has 0 aromatic heterocycles. The van der Waals surface area contributed by atoms with Gasteiger partial charge in [0.1, 0.15) is 5.60 Å². The summed E-state index contributed by atoms with van der Waals surface area (Å²) in [5, 5.41) is 8.96. The Hall–Kier alpha value is -2.62. The van der Waals surface area contributed by atoms with Crippen molar-refractivity contribution in [2.75, 3.05) is 0 Å². The molecule has 130 valence electrons. The largest absolute Gasteiger partial charge is 0.478 e. The van der Waals surface area contributed by atoms with Crippen LogP contribution in [0.15, 0.2) is 54.6 Å². The third-order valence-electron chi connectivity index (χ3n) is 4.81. The monoisotopic (exact) mass is 338 g/mol. The summed E-state index contributed by atoms with van der Waals surface area (Å²) in [4.78, 5) is 23.6. The highest BCUT2D eigenvalue weighted by atomic mass is 16.6. The standard InChI is InChI=1S/C21H22O4/c22-19(23)17-9-11-18(12-10-17)20(24)25-21(13-5-2-6-14-21)15-16-7-3-1-4-8-16/h1,3-4,7-12H,2,5-6,13-15H2,(H,22,23). The molecule has 4 heteroatoms. The molecule has 1 aliphatic carbocycles. The molecule has 3 rings (SSSR count). The van der Waals surface area contributed by atoms with Gasteiger partial charge >= 0.3 is 11.9 Å². The molecule has 0 amide bonds. The van der Waals surface area contributed by atoms with E-state index in [9.17, 15) is 9.59 Å². The Morgan fingerprint density at radius 3 is 2.08 bits per heavy atom. The first-order chi connectivity index (χ1) is 12.1. The van der Waals surface area contributed by atoms with Crippen LogP contribution < -0.4 is 0 Å². The second-order valence-electron chi connectivity index (χ2n) is 6.68. The van der Waals surface area contributed by atoms with E-state index < -0.39 is 11.6 Å². The first-order valence-electron chi connectivity index (χ1n) is 8.69. The summed E-state index contributed by atoms with van der Waals surface area (Å²) in [6.45, 7) is 0. The molecular weight excluding hydrogens is 316 g/mol. The van der Waals surface area contributed by atoms with Gasteiger partial charge in [-0.25, -0.2) is 9.59 Å². The van der Waals surface area contributed by atoms with Gasteiger partial charge in [-0.2, -0.15) is 0 Å². The van der Waals surface area contributed by atoms with Crippen LogP contribution in [0.25, 0.3) is 0 Å². The highest BCUT2D eigenvalue weighted by Gasteiger charge is 2.36. The van der Waals surface area contributed by atoms with E-state index in [1.54, 1.807) is 0 Å². The van der Waals surface area contributed by atoms with Crippen LogP contribution in [0, 0.1) is 0 Å². The van der Waals surface area contributed by atoms with Gasteiger partial charge in [-0.15, -0.1) is 0 Å². The predicted molar refractivity (Wildman–Crippen MR) is 94.8 cm³/mol. The SMILES string of the molecule is O=C(O)c1ccc(C(=O)OC2(Cc3ccccc3)CCCCC2)cc1. The van der Waals surface area contributed by atoms with E-state index in [2.05, 4.69) is 12.1 Å². The molecule has 0 radical (unpaired) electrons. The van der Waals surface area contributed by atoms with Crippen molar-refractivity contribution in [3.05, 3.63) is 71.3 Å². The van der Waals surface area contributed by atoms with Gasteiger partial charge in [0.15, 0.2) is 0 Å². The number of carboxylic acids is 1. The van der Waals surface area contributed by atoms with Crippen LogP contribution in [0.5, 0.6) is 0 Å². The molecule has 2 aromatic carbocycles. The van der Waals surface area contributed by atoms with Crippen molar-refractivity contribution in [3.8, 4) is 0 Å². The fourth-order valence-corrected chi connectivity index (χ4v) is 3.48. The number of rotatable bonds is 5. The van der Waals surface area contributed by atoms with E-state index >= 15 is 0 Å². The van der Waals surface area contributed by atoms with E-state index in [-0.39, 0.29) is 11.5 Å². The Labute approximate surface area is 147 Å². The van der Waals surface area contributed by atoms with Crippen molar-refractivity contribution in [1.82, 2.24) is 0 Å². The van der Waals surface area contributed by atoms with Crippen LogP contribution in [-0.2, 0) is 11.2 Å². The van der Waals surface area contributed by atoms with Crippen molar-refractivity contribution in [2.45, 2.75) is 44.1 Å². The zero-order valence-corrected chi connectivity index (χ0v) is 14.1. The molecule has 1 N–H and O–H groups in total. The van der Waals surface area contributed by atoms with Crippen molar-refractivity contribution in [3.63, 3.8) is 0 Å². The van der Waals surface area contributed by atoms with E-state index in [0.29, 0.717) is 12.0 Å². The summed E-state index contributed by atoms with van der Waals surface area (Å²) in [5.41, 5.74) is 1.25. The summed E-state index contributed by atoms with van der Waals surface area (Å²) in [7, 11) is 0. The number of carbonyl (C=O) groups is 2. The quantitative estimate of drug-likeness (QED) is 0.816. The highest BCUT2D eigenvalue weighted by Crippen LogP contribution is 2.35. The number of ether oxygens (including phenoxy) is 1. The van der Waals surface area contributed by atoms with Crippen LogP contribution in [-0.4, -0.2) is 22.6 Å². The molecular formula is C21H22O4. The molecule has 25 heavy (non-hydrogen) atoms. The number of carbonyl (C=O) groups excluding carboxylic acids is 1. The summed E-state index contributed by atoms with van der Waals surface area (Å²) < 4.78 is 5.98. The summed E-state index contributed by atoms with van der Waals surface area (Å²) >= 11 is 0. The van der Waals surface area contributed by atoms with Crippen molar-refractivity contribution < 1.29 is 19.4 Å². The fraction of sp³-hybridized carbons (Fsp3) is 0.333. The average Bonchev–Trinajstić information content (AvgIpc) is 2.63. The first-order valence-corrected chi connectivity index (χ1v) is 8.69. The van der Waals surface area contributed by atoms with Gasteiger partial charge in [0.05, 0.1) is 11.1 Å². The van der Waals surface area contributed by atoms with Crippen LogP contribution in [0.2, 0.25) is 0 Å². The van der Waals surface area contributed by atoms with Crippen LogP contribution in [0.1, 0.15) is 58.4 Å². The molecule has 0 saturated heterocycles. The fourth-order valence-electron chi connectivity index (χ4n) is 3.48. The molecule has 0 bridgehead atoms. The predicted octanol–water partition coefficient (Wildman–Crippen LogP) is 4.49. The van der Waals surface area contributed by atoms with Gasteiger partial charge < -0.3 is 9.84 Å². The van der Waals surface area contributed by atoms with Crippen LogP contribution >= 0.6 is 0 Å². The van der Waals surface area contributed by atoms with E-state index in [0.717, 1.165) is 25.7 Å². The van der Waals surface area contributed by atoms with Gasteiger partial charge in [0, 0.05) is 6.42 Å². The van der Waals surface area contributed by atoms with Gasteiger partial charge in [-0.3, -0.25) is 0 Å². The van der Waals surface area contributed by atoms with Crippen LogP contribution in [0.3, 0.4) is 0 Å². The molecule has 1 saturated carbocycles. The minimum absolute atomic E-state index is 0.160. The maximum atomic E-state index is 12.6. The number of hydrogen-bond acceptors (Lipinski definition) is 3. The van der Waals surface area contributed by atoms with E-state index in [4.69, 9.17) is 9.84 Å². The van der Waals surface area contributed by atoms with Gasteiger partial charge in [0.2, 0.25) is 0 Å². The topological polar surface area (TPSA) is 63.6 Å². The van der Waals surface area contributed by atoms with Crippen LogP contribution in [0.4, 0.5) is 0 Å². The van der Waals surface area contributed by atoms with Crippen molar-refractivity contribution in [2.24, 2.45) is 0 Å². The third-order valence-corrected chi connectivity index (χ3v) is 4.81. The lowest BCUT2D eigenvalue weighted by atomic mass is 9.80. The lowest BCUT2D eigenvalue weighted by molar-refractivity contribution is -0.0374. The van der Waals surface area contributed by atoms with Gasteiger partial charge in [-0.1, -0.05) is 36.8 Å². The Kier molecular flexibility index (Phi) is 5.17. The molecule has 4 nitrogen and oxygen atoms in total. The minimum atomic E-state index is -1.01. The molecule has 0 spiro atoms. The lowest BCUT2D eigenvalue weighted by Crippen LogP contribution is -2.39. The maximum Gasteiger partial charge on any atom is 0.338 e. The summed E-state index contributed by atoms with van der Waals surface area (Å²) in [5.74, 6) is -1.39. The number of hydrogen-bond donors (Lipinski definition) is 1.